The van der Waals surface area contributed by atoms with Crippen molar-refractivity contribution in [3.05, 3.63) is 44.9 Å². The van der Waals surface area contributed by atoms with E-state index in [1.54, 1.807) is 4.90 Å². The molecule has 0 spiro atoms. The van der Waals surface area contributed by atoms with E-state index < -0.39 is 5.56 Å². The third kappa shape index (κ3) is 3.48. The first-order valence-corrected chi connectivity index (χ1v) is 10.8. The van der Waals surface area contributed by atoms with Crippen LogP contribution in [0.3, 0.4) is 0 Å². The molecule has 30 heavy (non-hydrogen) atoms. The van der Waals surface area contributed by atoms with Crippen LogP contribution in [0.1, 0.15) is 95.8 Å². The van der Waals surface area contributed by atoms with E-state index in [0.29, 0.717) is 43.1 Å². The average molecular weight is 409 g/mol. The SMILES string of the molecule is CC1(C)CC(=O)c2cc(C(=O)N3CCC(c4nc(C5CC5)n[nH]4)CC3)c(=O)[nH]c2C1. The summed E-state index contributed by atoms with van der Waals surface area (Å²) in [4.78, 5) is 47.4. The summed E-state index contributed by atoms with van der Waals surface area (Å²) in [7, 11) is 0. The van der Waals surface area contributed by atoms with E-state index in [2.05, 4.69) is 20.2 Å². The minimum atomic E-state index is -0.407. The molecule has 1 aliphatic heterocycles. The van der Waals surface area contributed by atoms with E-state index in [9.17, 15) is 14.4 Å². The molecule has 0 unspecified atom stereocenters. The van der Waals surface area contributed by atoms with E-state index in [-0.39, 0.29) is 28.6 Å². The molecule has 1 amide bonds. The van der Waals surface area contributed by atoms with E-state index in [0.717, 1.165) is 24.5 Å². The Morgan fingerprint density at radius 2 is 1.83 bits per heavy atom. The molecule has 3 heterocycles. The summed E-state index contributed by atoms with van der Waals surface area (Å²) in [6.07, 6.45) is 4.94. The molecular weight excluding hydrogens is 382 g/mol. The summed E-state index contributed by atoms with van der Waals surface area (Å²) < 4.78 is 0. The van der Waals surface area contributed by atoms with Crippen LogP contribution >= 0.6 is 0 Å². The minimum absolute atomic E-state index is 0.0120. The van der Waals surface area contributed by atoms with E-state index in [1.807, 2.05) is 13.8 Å². The maximum Gasteiger partial charge on any atom is 0.261 e. The zero-order chi connectivity index (χ0) is 21.0. The Balaban J connectivity index is 1.30. The number of ketones is 1. The first kappa shape index (κ1) is 19.2. The Labute approximate surface area is 174 Å². The molecule has 5 rings (SSSR count). The van der Waals surface area contributed by atoms with Gasteiger partial charge in [-0.3, -0.25) is 19.5 Å². The van der Waals surface area contributed by atoms with Crippen LogP contribution in [-0.2, 0) is 6.42 Å². The summed E-state index contributed by atoms with van der Waals surface area (Å²) in [5.41, 5.74) is 0.613. The van der Waals surface area contributed by atoms with Crippen molar-refractivity contribution in [2.24, 2.45) is 5.41 Å². The molecule has 3 aliphatic rings. The van der Waals surface area contributed by atoms with Gasteiger partial charge >= 0.3 is 0 Å². The van der Waals surface area contributed by atoms with Crippen LogP contribution in [0.5, 0.6) is 0 Å². The number of Topliss-reactive ketones (excluding diaryl/α,β-unsaturated/α-hetero) is 1. The Kier molecular flexibility index (Phi) is 4.41. The number of amides is 1. The second-order valence-corrected chi connectivity index (χ2v) is 9.76. The first-order valence-electron chi connectivity index (χ1n) is 10.8. The predicted molar refractivity (Wildman–Crippen MR) is 110 cm³/mol. The summed E-state index contributed by atoms with van der Waals surface area (Å²) in [5.74, 6) is 2.27. The summed E-state index contributed by atoms with van der Waals surface area (Å²) in [6, 6.07) is 1.51. The molecule has 0 aromatic carbocycles. The third-order valence-corrected chi connectivity index (χ3v) is 6.58. The van der Waals surface area contributed by atoms with Crippen LogP contribution in [0, 0.1) is 5.41 Å². The van der Waals surface area contributed by atoms with E-state index in [1.165, 1.54) is 18.9 Å². The van der Waals surface area contributed by atoms with Crippen molar-refractivity contribution < 1.29 is 9.59 Å². The van der Waals surface area contributed by atoms with Crippen molar-refractivity contribution in [3.63, 3.8) is 0 Å². The van der Waals surface area contributed by atoms with E-state index in [4.69, 9.17) is 0 Å². The number of nitrogens with one attached hydrogen (secondary N) is 2. The lowest BCUT2D eigenvalue weighted by Crippen LogP contribution is -2.41. The Bertz CT molecular complexity index is 1070. The van der Waals surface area contributed by atoms with Gasteiger partial charge in [0.15, 0.2) is 11.6 Å². The predicted octanol–water partition coefficient (Wildman–Crippen LogP) is 2.55. The molecule has 0 bridgehead atoms. The lowest BCUT2D eigenvalue weighted by atomic mass is 9.75. The zero-order valence-corrected chi connectivity index (χ0v) is 17.5. The van der Waals surface area contributed by atoms with Crippen molar-refractivity contribution in [1.29, 1.82) is 0 Å². The van der Waals surface area contributed by atoms with Crippen LogP contribution in [0.2, 0.25) is 0 Å². The lowest BCUT2D eigenvalue weighted by molar-refractivity contribution is 0.0709. The molecule has 1 saturated carbocycles. The maximum atomic E-state index is 13.0. The number of H-pyrrole nitrogens is 2. The number of carbonyl (C=O) groups is 2. The highest BCUT2D eigenvalue weighted by Crippen LogP contribution is 2.39. The number of piperidine rings is 1. The first-order chi connectivity index (χ1) is 14.3. The molecule has 158 valence electrons. The van der Waals surface area contributed by atoms with Crippen molar-refractivity contribution in [1.82, 2.24) is 25.1 Å². The molecule has 2 aliphatic carbocycles. The highest BCUT2D eigenvalue weighted by Gasteiger charge is 2.34. The highest BCUT2D eigenvalue weighted by molar-refractivity contribution is 6.02. The van der Waals surface area contributed by atoms with Crippen molar-refractivity contribution in [3.8, 4) is 0 Å². The third-order valence-electron chi connectivity index (χ3n) is 6.58. The second kappa shape index (κ2) is 6.89. The van der Waals surface area contributed by atoms with Gasteiger partial charge in [0.1, 0.15) is 11.4 Å². The quantitative estimate of drug-likeness (QED) is 0.809. The summed E-state index contributed by atoms with van der Waals surface area (Å²) >= 11 is 0. The fourth-order valence-electron chi connectivity index (χ4n) is 4.71. The molecule has 0 atom stereocenters. The molecule has 2 N–H and O–H groups in total. The van der Waals surface area contributed by atoms with Crippen LogP contribution in [0.25, 0.3) is 0 Å². The lowest BCUT2D eigenvalue weighted by Gasteiger charge is -2.32. The number of aromatic nitrogens is 4. The molecule has 8 nitrogen and oxygen atoms in total. The van der Waals surface area contributed by atoms with Crippen LogP contribution in [0.4, 0.5) is 0 Å². The van der Waals surface area contributed by atoms with Gasteiger partial charge in [0.25, 0.3) is 11.5 Å². The fraction of sp³-hybridized carbons (Fsp3) is 0.591. The minimum Gasteiger partial charge on any atom is -0.338 e. The number of hydrogen-bond acceptors (Lipinski definition) is 5. The van der Waals surface area contributed by atoms with Crippen molar-refractivity contribution in [2.45, 2.75) is 64.2 Å². The van der Waals surface area contributed by atoms with Crippen LogP contribution in [0.15, 0.2) is 10.9 Å². The maximum absolute atomic E-state index is 13.0. The largest absolute Gasteiger partial charge is 0.338 e. The van der Waals surface area contributed by atoms with Crippen molar-refractivity contribution >= 4 is 11.7 Å². The Morgan fingerprint density at radius 3 is 2.53 bits per heavy atom. The monoisotopic (exact) mass is 409 g/mol. The molecule has 1 saturated heterocycles. The second-order valence-electron chi connectivity index (χ2n) is 9.76. The molecule has 2 fully saturated rings. The van der Waals surface area contributed by atoms with Gasteiger partial charge < -0.3 is 9.88 Å². The normalized spacial score (nSPS) is 21.5. The van der Waals surface area contributed by atoms with Gasteiger partial charge in [0.2, 0.25) is 0 Å². The summed E-state index contributed by atoms with van der Waals surface area (Å²) in [5, 5.41) is 7.40. The van der Waals surface area contributed by atoms with Gasteiger partial charge in [-0.15, -0.1) is 0 Å². The highest BCUT2D eigenvalue weighted by atomic mass is 16.2. The average Bonchev–Trinajstić information content (AvgIpc) is 3.43. The van der Waals surface area contributed by atoms with E-state index >= 15 is 0 Å². The fourth-order valence-corrected chi connectivity index (χ4v) is 4.71. The number of nitrogens with zero attached hydrogens (tertiary/aromatic N) is 3. The number of rotatable bonds is 3. The standard InChI is InChI=1S/C22H27N5O3/c1-22(2)10-16-14(17(28)11-22)9-15(20(29)23-16)21(30)27-7-5-13(6-8-27)19-24-18(25-26-19)12-3-4-12/h9,12-13H,3-8,10-11H2,1-2H3,(H,23,29)(H,24,25,26). The number of aromatic amines is 2. The van der Waals surface area contributed by atoms with Gasteiger partial charge in [0.05, 0.1) is 0 Å². The van der Waals surface area contributed by atoms with Gasteiger partial charge in [-0.1, -0.05) is 13.8 Å². The molecule has 0 radical (unpaired) electrons. The molecular formula is C22H27N5O3. The number of hydrogen-bond donors (Lipinski definition) is 2. The van der Waals surface area contributed by atoms with Gasteiger partial charge in [-0.2, -0.15) is 5.10 Å². The van der Waals surface area contributed by atoms with Crippen LogP contribution in [-0.4, -0.2) is 49.8 Å². The van der Waals surface area contributed by atoms with Gasteiger partial charge in [-0.25, -0.2) is 4.98 Å². The number of likely N-dealkylation sites (tertiary alicyclic amines) is 1. The van der Waals surface area contributed by atoms with Crippen molar-refractivity contribution in [2.75, 3.05) is 13.1 Å². The molecule has 8 heteroatoms. The summed E-state index contributed by atoms with van der Waals surface area (Å²) in [6.45, 7) is 5.13. The Hall–Kier alpha value is -2.77. The Morgan fingerprint density at radius 1 is 1.10 bits per heavy atom. The van der Waals surface area contributed by atoms with Crippen LogP contribution < -0.4 is 5.56 Å². The number of fused-ring (bicyclic) bond motifs is 1. The number of carbonyl (C=O) groups excluding carboxylic acids is 2. The van der Waals surface area contributed by atoms with Gasteiger partial charge in [-0.05, 0) is 43.6 Å². The van der Waals surface area contributed by atoms with Gasteiger partial charge in [0, 0.05) is 42.6 Å². The zero-order valence-electron chi connectivity index (χ0n) is 17.5. The topological polar surface area (TPSA) is 112 Å². The molecule has 2 aromatic rings. The molecule has 2 aromatic heterocycles. The smallest absolute Gasteiger partial charge is 0.261 e. The number of pyridine rings is 1.